The first-order valence-electron chi connectivity index (χ1n) is 3.76. The van der Waals surface area contributed by atoms with Crippen LogP contribution in [0.5, 0.6) is 0 Å². The minimum atomic E-state index is 0.186. The molecule has 1 aromatic carbocycles. The van der Waals surface area contributed by atoms with E-state index in [1.54, 1.807) is 18.2 Å². The molecule has 0 aliphatic carbocycles. The van der Waals surface area contributed by atoms with Crippen LogP contribution in [0, 0.1) is 4.91 Å². The Morgan fingerprint density at radius 3 is 2.77 bits per heavy atom. The third-order valence-corrected chi connectivity index (χ3v) is 1.92. The number of nitrogens with one attached hydrogen (secondary N) is 1. The van der Waals surface area contributed by atoms with Crippen LogP contribution in [0.4, 0.5) is 5.69 Å². The molecule has 1 aromatic heterocycles. The molecule has 0 atom stereocenters. The normalized spacial score (nSPS) is 10.2. The van der Waals surface area contributed by atoms with Gasteiger partial charge in [-0.25, -0.2) is 0 Å². The van der Waals surface area contributed by atoms with Crippen molar-refractivity contribution in [1.82, 2.24) is 4.98 Å². The molecule has 0 saturated heterocycles. The number of aromatic nitrogens is 1. The fraction of sp³-hybridized carbons (Fsp3) is 0. The van der Waals surface area contributed by atoms with Gasteiger partial charge in [0.25, 0.3) is 0 Å². The Labute approximate surface area is 73.5 Å². The number of para-hydroxylation sites is 1. The minimum Gasteiger partial charge on any atom is -0.350 e. The van der Waals surface area contributed by atoms with E-state index in [1.165, 1.54) is 0 Å². The molecule has 4 heteroatoms. The first-order chi connectivity index (χ1) is 6.36. The summed E-state index contributed by atoms with van der Waals surface area (Å²) in [4.78, 5) is 23.8. The van der Waals surface area contributed by atoms with Gasteiger partial charge >= 0.3 is 0 Å². The molecule has 1 N–H and O–H groups in total. The zero-order chi connectivity index (χ0) is 9.26. The third kappa shape index (κ3) is 1.03. The fourth-order valence-corrected chi connectivity index (χ4v) is 1.33. The molecule has 2 rings (SSSR count). The highest BCUT2D eigenvalue weighted by Gasteiger charge is 2.09. The first-order valence-corrected chi connectivity index (χ1v) is 3.76. The van der Waals surface area contributed by atoms with E-state index >= 15 is 0 Å². The molecule has 13 heavy (non-hydrogen) atoms. The SMILES string of the molecule is O=Cc1[nH]c2ccccc2c1N=O. The first kappa shape index (κ1) is 7.67. The summed E-state index contributed by atoms with van der Waals surface area (Å²) in [6.07, 6.45) is 0.594. The number of fused-ring (bicyclic) bond motifs is 1. The molecule has 0 spiro atoms. The number of rotatable bonds is 2. The van der Waals surface area contributed by atoms with Gasteiger partial charge in [-0.1, -0.05) is 18.2 Å². The number of aromatic amines is 1. The number of hydrogen-bond donors (Lipinski definition) is 1. The van der Waals surface area contributed by atoms with Crippen LogP contribution in [0.25, 0.3) is 10.9 Å². The Morgan fingerprint density at radius 2 is 2.08 bits per heavy atom. The van der Waals surface area contributed by atoms with Gasteiger partial charge in [0.15, 0.2) is 6.29 Å². The number of nitrogens with zero attached hydrogens (tertiary/aromatic N) is 1. The molecule has 0 amide bonds. The average Bonchev–Trinajstić information content (AvgIpc) is 2.55. The Kier molecular flexibility index (Phi) is 1.66. The number of benzene rings is 1. The van der Waals surface area contributed by atoms with Crippen molar-refractivity contribution in [3.63, 3.8) is 0 Å². The van der Waals surface area contributed by atoms with Crippen molar-refractivity contribution in [2.24, 2.45) is 5.18 Å². The highest BCUT2D eigenvalue weighted by Crippen LogP contribution is 2.28. The Bertz CT molecular complexity index is 473. The zero-order valence-corrected chi connectivity index (χ0v) is 6.65. The van der Waals surface area contributed by atoms with Crippen LogP contribution >= 0.6 is 0 Å². The molecule has 0 saturated carbocycles. The lowest BCUT2D eigenvalue weighted by Crippen LogP contribution is -1.76. The van der Waals surface area contributed by atoms with Gasteiger partial charge in [-0.15, -0.1) is 4.91 Å². The number of nitroso groups, excluding NO2 is 1. The molecule has 0 aliphatic rings. The quantitative estimate of drug-likeness (QED) is 0.561. The van der Waals surface area contributed by atoms with Crippen molar-refractivity contribution >= 4 is 22.9 Å². The molecule has 0 radical (unpaired) electrons. The zero-order valence-electron chi connectivity index (χ0n) is 6.65. The largest absolute Gasteiger partial charge is 0.350 e. The van der Waals surface area contributed by atoms with Crippen molar-refractivity contribution in [2.45, 2.75) is 0 Å². The summed E-state index contributed by atoms with van der Waals surface area (Å²) in [5, 5.41) is 3.50. The second-order valence-corrected chi connectivity index (χ2v) is 2.64. The lowest BCUT2D eigenvalue weighted by atomic mass is 10.2. The smallest absolute Gasteiger partial charge is 0.168 e. The van der Waals surface area contributed by atoms with E-state index in [-0.39, 0.29) is 11.4 Å². The van der Waals surface area contributed by atoms with Gasteiger partial charge in [-0.3, -0.25) is 4.79 Å². The van der Waals surface area contributed by atoms with E-state index in [0.29, 0.717) is 11.7 Å². The summed E-state index contributed by atoms with van der Waals surface area (Å²) in [7, 11) is 0. The minimum absolute atomic E-state index is 0.186. The van der Waals surface area contributed by atoms with E-state index in [1.807, 2.05) is 6.07 Å². The second kappa shape index (κ2) is 2.82. The number of aldehydes is 1. The van der Waals surface area contributed by atoms with Crippen molar-refractivity contribution < 1.29 is 4.79 Å². The van der Waals surface area contributed by atoms with E-state index in [2.05, 4.69) is 10.2 Å². The summed E-state index contributed by atoms with van der Waals surface area (Å²) < 4.78 is 0. The summed E-state index contributed by atoms with van der Waals surface area (Å²) in [5.41, 5.74) is 1.17. The maximum Gasteiger partial charge on any atom is 0.168 e. The number of carbonyl (C=O) groups excluding carboxylic acids is 1. The highest BCUT2D eigenvalue weighted by atomic mass is 16.3. The van der Waals surface area contributed by atoms with E-state index in [0.717, 1.165) is 5.52 Å². The maximum absolute atomic E-state index is 10.5. The van der Waals surface area contributed by atoms with E-state index in [9.17, 15) is 9.70 Å². The van der Waals surface area contributed by atoms with Gasteiger partial charge in [0.1, 0.15) is 11.4 Å². The Hall–Kier alpha value is -1.97. The van der Waals surface area contributed by atoms with Gasteiger partial charge in [-0.05, 0) is 11.2 Å². The van der Waals surface area contributed by atoms with Gasteiger partial charge in [0.2, 0.25) is 0 Å². The van der Waals surface area contributed by atoms with E-state index < -0.39 is 0 Å². The molecular weight excluding hydrogens is 168 g/mol. The Balaban J connectivity index is 2.88. The topological polar surface area (TPSA) is 62.3 Å². The second-order valence-electron chi connectivity index (χ2n) is 2.64. The number of H-pyrrole nitrogens is 1. The highest BCUT2D eigenvalue weighted by molar-refractivity contribution is 6.00. The summed E-state index contributed by atoms with van der Waals surface area (Å²) >= 11 is 0. The van der Waals surface area contributed by atoms with Gasteiger partial charge in [0.05, 0.1) is 0 Å². The summed E-state index contributed by atoms with van der Waals surface area (Å²) in [5.74, 6) is 0. The van der Waals surface area contributed by atoms with Crippen molar-refractivity contribution in [2.75, 3.05) is 0 Å². The van der Waals surface area contributed by atoms with Crippen LogP contribution in [-0.4, -0.2) is 11.3 Å². The molecule has 0 fully saturated rings. The monoisotopic (exact) mass is 174 g/mol. The molecule has 64 valence electrons. The molecular formula is C9H6N2O2. The molecule has 0 aliphatic heterocycles. The lowest BCUT2D eigenvalue weighted by molar-refractivity contribution is 0.112. The molecule has 2 aromatic rings. The average molecular weight is 174 g/mol. The maximum atomic E-state index is 10.5. The van der Waals surface area contributed by atoms with Crippen LogP contribution in [-0.2, 0) is 0 Å². The Morgan fingerprint density at radius 1 is 1.31 bits per heavy atom. The molecule has 0 unspecified atom stereocenters. The van der Waals surface area contributed by atoms with Crippen LogP contribution in [0.1, 0.15) is 10.5 Å². The van der Waals surface area contributed by atoms with Gasteiger partial charge in [0, 0.05) is 10.9 Å². The number of carbonyl (C=O) groups is 1. The summed E-state index contributed by atoms with van der Waals surface area (Å²) in [6.45, 7) is 0. The fourth-order valence-electron chi connectivity index (χ4n) is 1.33. The van der Waals surface area contributed by atoms with Gasteiger partial charge < -0.3 is 4.98 Å². The van der Waals surface area contributed by atoms with Crippen molar-refractivity contribution in [3.05, 3.63) is 34.9 Å². The van der Waals surface area contributed by atoms with Crippen LogP contribution < -0.4 is 0 Å². The van der Waals surface area contributed by atoms with Crippen LogP contribution in [0.3, 0.4) is 0 Å². The molecule has 1 heterocycles. The molecule has 4 nitrogen and oxygen atoms in total. The van der Waals surface area contributed by atoms with Crippen LogP contribution in [0.2, 0.25) is 0 Å². The predicted octanol–water partition coefficient (Wildman–Crippen LogP) is 2.38. The predicted molar refractivity (Wildman–Crippen MR) is 49.1 cm³/mol. The van der Waals surface area contributed by atoms with Gasteiger partial charge in [-0.2, -0.15) is 0 Å². The van der Waals surface area contributed by atoms with Crippen molar-refractivity contribution in [3.8, 4) is 0 Å². The number of hydrogen-bond acceptors (Lipinski definition) is 3. The molecule has 0 bridgehead atoms. The van der Waals surface area contributed by atoms with Crippen LogP contribution in [0.15, 0.2) is 29.4 Å². The van der Waals surface area contributed by atoms with Crippen molar-refractivity contribution in [1.29, 1.82) is 0 Å². The standard InChI is InChI=1S/C9H6N2O2/c12-5-8-9(11-13)6-3-1-2-4-7(6)10-8/h1-5,10H. The lowest BCUT2D eigenvalue weighted by Gasteiger charge is -1.85. The third-order valence-electron chi connectivity index (χ3n) is 1.92. The van der Waals surface area contributed by atoms with E-state index in [4.69, 9.17) is 0 Å². The summed E-state index contributed by atoms with van der Waals surface area (Å²) in [6, 6.07) is 7.15.